The van der Waals surface area contributed by atoms with E-state index in [2.05, 4.69) is 21.1 Å². The van der Waals surface area contributed by atoms with Crippen molar-refractivity contribution in [3.05, 3.63) is 42.1 Å². The van der Waals surface area contributed by atoms with E-state index in [9.17, 15) is 4.79 Å². The molecule has 0 atom stereocenters. The number of esters is 1. The third-order valence-corrected chi connectivity index (χ3v) is 3.30. The number of furan rings is 1. The predicted molar refractivity (Wildman–Crippen MR) is 79.9 cm³/mol. The van der Waals surface area contributed by atoms with Gasteiger partial charge in [0.25, 0.3) is 0 Å². The highest BCUT2D eigenvalue weighted by Crippen LogP contribution is 2.28. The number of hydrogen-bond acceptors (Lipinski definition) is 5. The number of hydrogen-bond donors (Lipinski definition) is 0. The van der Waals surface area contributed by atoms with Crippen molar-refractivity contribution in [2.45, 2.75) is 13.0 Å². The molecule has 0 aliphatic rings. The molecule has 0 saturated carbocycles. The first kappa shape index (κ1) is 13.9. The van der Waals surface area contributed by atoms with Crippen LogP contribution in [0.3, 0.4) is 0 Å². The summed E-state index contributed by atoms with van der Waals surface area (Å²) in [6, 6.07) is 11.3. The molecule has 3 aromatic rings. The Balaban J connectivity index is 1.73. The van der Waals surface area contributed by atoms with Crippen molar-refractivity contribution in [1.82, 2.24) is 5.16 Å². The standard InChI is InChI=1S/C15H12BrNO4/c16-6-5-15(18)19-9-11-8-14(21-17-11)13-7-10-3-1-2-4-12(10)20-13/h1-4,7-8H,5-6,9H2. The number of para-hydroxylation sites is 1. The van der Waals surface area contributed by atoms with E-state index in [0.717, 1.165) is 11.0 Å². The minimum atomic E-state index is -0.278. The Hall–Kier alpha value is -2.08. The molecular formula is C15H12BrNO4. The maximum atomic E-state index is 11.3. The average Bonchev–Trinajstić information content (AvgIpc) is 3.11. The lowest BCUT2D eigenvalue weighted by Crippen LogP contribution is -2.04. The van der Waals surface area contributed by atoms with E-state index < -0.39 is 0 Å². The molecule has 0 bridgehead atoms. The van der Waals surface area contributed by atoms with Crippen LogP contribution in [0, 0.1) is 0 Å². The second-order valence-corrected chi connectivity index (χ2v) is 5.22. The third-order valence-electron chi connectivity index (χ3n) is 2.91. The summed E-state index contributed by atoms with van der Waals surface area (Å²) in [5.74, 6) is 0.833. The Morgan fingerprint density at radius 2 is 2.10 bits per heavy atom. The molecule has 0 fully saturated rings. The first-order valence-electron chi connectivity index (χ1n) is 6.42. The Morgan fingerprint density at radius 3 is 2.90 bits per heavy atom. The van der Waals surface area contributed by atoms with Gasteiger partial charge in [-0.1, -0.05) is 39.3 Å². The molecule has 5 nitrogen and oxygen atoms in total. The molecule has 2 heterocycles. The van der Waals surface area contributed by atoms with Crippen molar-refractivity contribution in [2.75, 3.05) is 5.33 Å². The number of ether oxygens (including phenoxy) is 1. The highest BCUT2D eigenvalue weighted by Gasteiger charge is 2.13. The Bertz CT molecular complexity index is 729. The number of aromatic nitrogens is 1. The summed E-state index contributed by atoms with van der Waals surface area (Å²) in [6.07, 6.45) is 0.328. The van der Waals surface area contributed by atoms with Gasteiger partial charge in [0, 0.05) is 16.8 Å². The van der Waals surface area contributed by atoms with E-state index >= 15 is 0 Å². The van der Waals surface area contributed by atoms with Crippen LogP contribution in [-0.2, 0) is 16.1 Å². The van der Waals surface area contributed by atoms with Crippen LogP contribution in [0.1, 0.15) is 12.1 Å². The summed E-state index contributed by atoms with van der Waals surface area (Å²) < 4.78 is 16.0. The van der Waals surface area contributed by atoms with Gasteiger partial charge in [0.2, 0.25) is 5.76 Å². The molecule has 0 saturated heterocycles. The number of benzene rings is 1. The van der Waals surface area contributed by atoms with Gasteiger partial charge < -0.3 is 13.7 Å². The minimum absolute atomic E-state index is 0.0928. The zero-order valence-corrected chi connectivity index (χ0v) is 12.6. The second kappa shape index (κ2) is 6.13. The van der Waals surface area contributed by atoms with Crippen LogP contribution in [0.15, 0.2) is 45.3 Å². The van der Waals surface area contributed by atoms with Gasteiger partial charge in [-0.15, -0.1) is 0 Å². The Kier molecular flexibility index (Phi) is 4.06. The van der Waals surface area contributed by atoms with Crippen LogP contribution in [0.5, 0.6) is 0 Å². The summed E-state index contributed by atoms with van der Waals surface area (Å²) >= 11 is 3.18. The smallest absolute Gasteiger partial charge is 0.307 e. The predicted octanol–water partition coefficient (Wildman–Crippen LogP) is 3.92. The lowest BCUT2D eigenvalue weighted by Gasteiger charge is -1.98. The summed E-state index contributed by atoms with van der Waals surface area (Å²) in [5, 5.41) is 5.44. The molecule has 0 unspecified atom stereocenters. The molecule has 6 heteroatoms. The average molecular weight is 350 g/mol. The first-order valence-corrected chi connectivity index (χ1v) is 7.54. The van der Waals surface area contributed by atoms with Crippen molar-refractivity contribution < 1.29 is 18.5 Å². The molecule has 1 aromatic carbocycles. The molecule has 0 aliphatic heterocycles. The fourth-order valence-corrected chi connectivity index (χ4v) is 2.23. The van der Waals surface area contributed by atoms with E-state index in [1.807, 2.05) is 30.3 Å². The Morgan fingerprint density at radius 1 is 1.24 bits per heavy atom. The van der Waals surface area contributed by atoms with Crippen molar-refractivity contribution in [3.8, 4) is 11.5 Å². The number of carbonyl (C=O) groups excluding carboxylic acids is 1. The van der Waals surface area contributed by atoms with Gasteiger partial charge in [-0.05, 0) is 12.1 Å². The number of fused-ring (bicyclic) bond motifs is 1. The fourth-order valence-electron chi connectivity index (χ4n) is 1.90. The van der Waals surface area contributed by atoms with Crippen molar-refractivity contribution in [3.63, 3.8) is 0 Å². The van der Waals surface area contributed by atoms with Crippen LogP contribution in [0.4, 0.5) is 0 Å². The van der Waals surface area contributed by atoms with E-state index in [1.165, 1.54) is 0 Å². The molecule has 2 aromatic heterocycles. The van der Waals surface area contributed by atoms with E-state index in [4.69, 9.17) is 13.7 Å². The summed E-state index contributed by atoms with van der Waals surface area (Å²) in [5.41, 5.74) is 1.34. The molecule has 108 valence electrons. The highest BCUT2D eigenvalue weighted by atomic mass is 79.9. The normalized spacial score (nSPS) is 10.9. The molecule has 0 aliphatic carbocycles. The minimum Gasteiger partial charge on any atom is -0.459 e. The summed E-state index contributed by atoms with van der Waals surface area (Å²) in [7, 11) is 0. The number of carbonyl (C=O) groups is 1. The molecule has 0 spiro atoms. The molecular weight excluding hydrogens is 338 g/mol. The van der Waals surface area contributed by atoms with Crippen LogP contribution >= 0.6 is 15.9 Å². The maximum absolute atomic E-state index is 11.3. The third kappa shape index (κ3) is 3.16. The van der Waals surface area contributed by atoms with Crippen LogP contribution in [-0.4, -0.2) is 16.5 Å². The number of nitrogens with zero attached hydrogens (tertiary/aromatic N) is 1. The quantitative estimate of drug-likeness (QED) is 0.516. The summed E-state index contributed by atoms with van der Waals surface area (Å²) in [6.45, 7) is 0.0928. The van der Waals surface area contributed by atoms with Gasteiger partial charge >= 0.3 is 5.97 Å². The van der Waals surface area contributed by atoms with Gasteiger partial charge in [0.15, 0.2) is 5.76 Å². The molecule has 21 heavy (non-hydrogen) atoms. The van der Waals surface area contributed by atoms with Crippen LogP contribution in [0.25, 0.3) is 22.5 Å². The number of halogens is 1. The van der Waals surface area contributed by atoms with Gasteiger partial charge in [0.05, 0.1) is 6.42 Å². The highest BCUT2D eigenvalue weighted by molar-refractivity contribution is 9.09. The van der Waals surface area contributed by atoms with Crippen LogP contribution in [0.2, 0.25) is 0 Å². The maximum Gasteiger partial charge on any atom is 0.307 e. The van der Waals surface area contributed by atoms with Gasteiger partial charge in [-0.25, -0.2) is 0 Å². The van der Waals surface area contributed by atoms with Crippen molar-refractivity contribution in [1.29, 1.82) is 0 Å². The zero-order valence-electron chi connectivity index (χ0n) is 11.0. The zero-order chi connectivity index (χ0) is 14.7. The Labute approximate surface area is 129 Å². The number of alkyl halides is 1. The molecule has 3 rings (SSSR count). The van der Waals surface area contributed by atoms with E-state index in [0.29, 0.717) is 29.0 Å². The van der Waals surface area contributed by atoms with Crippen LogP contribution < -0.4 is 0 Å². The molecule has 0 N–H and O–H groups in total. The number of rotatable bonds is 5. The first-order chi connectivity index (χ1) is 10.3. The van der Waals surface area contributed by atoms with Crippen molar-refractivity contribution in [2.24, 2.45) is 0 Å². The monoisotopic (exact) mass is 349 g/mol. The fraction of sp³-hybridized carbons (Fsp3) is 0.200. The SMILES string of the molecule is O=C(CCBr)OCc1cc(-c2cc3ccccc3o2)on1. The topological polar surface area (TPSA) is 65.5 Å². The van der Waals surface area contributed by atoms with Gasteiger partial charge in [-0.2, -0.15) is 0 Å². The van der Waals surface area contributed by atoms with E-state index in [1.54, 1.807) is 6.07 Å². The van der Waals surface area contributed by atoms with E-state index in [-0.39, 0.29) is 12.6 Å². The largest absolute Gasteiger partial charge is 0.459 e. The van der Waals surface area contributed by atoms with Crippen molar-refractivity contribution >= 4 is 32.9 Å². The lowest BCUT2D eigenvalue weighted by molar-refractivity contribution is -0.144. The molecule has 0 radical (unpaired) electrons. The van der Waals surface area contributed by atoms with Gasteiger partial charge in [0.1, 0.15) is 17.9 Å². The summed E-state index contributed by atoms with van der Waals surface area (Å²) in [4.78, 5) is 11.3. The second-order valence-electron chi connectivity index (χ2n) is 4.43. The van der Waals surface area contributed by atoms with Gasteiger partial charge in [-0.3, -0.25) is 4.79 Å². The lowest BCUT2D eigenvalue weighted by atomic mass is 10.2. The molecule has 0 amide bonds.